The Balaban J connectivity index is 2.02. The second-order valence-electron chi connectivity index (χ2n) is 4.31. The van der Waals surface area contributed by atoms with E-state index in [0.29, 0.717) is 11.6 Å². The number of furan rings is 1. The van der Waals surface area contributed by atoms with Gasteiger partial charge in [-0.15, -0.1) is 0 Å². The number of halogens is 2. The standard InChI is InChI=1S/C12H10F2N4O/c13-11(14)9-4-8(10-2-1-3-19-10)17-12-7(5-15)6-16-18(9)12/h1-3,6,8-9,11,17H,4H2/t8-,9-/m0/s1. The van der Waals surface area contributed by atoms with Gasteiger partial charge in [-0.25, -0.2) is 13.5 Å². The highest BCUT2D eigenvalue weighted by molar-refractivity contribution is 5.54. The van der Waals surface area contributed by atoms with E-state index in [1.807, 2.05) is 6.07 Å². The summed E-state index contributed by atoms with van der Waals surface area (Å²) in [5.74, 6) is 0.891. The van der Waals surface area contributed by atoms with Crippen molar-refractivity contribution in [2.75, 3.05) is 5.32 Å². The van der Waals surface area contributed by atoms with Gasteiger partial charge >= 0.3 is 0 Å². The Kier molecular flexibility index (Phi) is 2.71. The molecule has 0 radical (unpaired) electrons. The summed E-state index contributed by atoms with van der Waals surface area (Å²) in [5, 5.41) is 15.9. The Morgan fingerprint density at radius 2 is 2.42 bits per heavy atom. The van der Waals surface area contributed by atoms with Gasteiger partial charge in [0.2, 0.25) is 0 Å². The average Bonchev–Trinajstić information content (AvgIpc) is 3.06. The zero-order chi connectivity index (χ0) is 13.4. The van der Waals surface area contributed by atoms with Gasteiger partial charge in [-0.1, -0.05) is 0 Å². The lowest BCUT2D eigenvalue weighted by molar-refractivity contribution is 0.0645. The molecule has 0 aliphatic carbocycles. The summed E-state index contributed by atoms with van der Waals surface area (Å²) in [7, 11) is 0. The highest BCUT2D eigenvalue weighted by Gasteiger charge is 2.36. The summed E-state index contributed by atoms with van der Waals surface area (Å²) >= 11 is 0. The molecule has 2 aromatic rings. The lowest BCUT2D eigenvalue weighted by Gasteiger charge is -2.30. The largest absolute Gasteiger partial charge is 0.467 e. The van der Waals surface area contributed by atoms with E-state index < -0.39 is 12.5 Å². The maximum atomic E-state index is 13.1. The average molecular weight is 264 g/mol. The van der Waals surface area contributed by atoms with E-state index in [1.165, 1.54) is 17.1 Å². The first kappa shape index (κ1) is 11.7. The van der Waals surface area contributed by atoms with E-state index in [2.05, 4.69) is 10.4 Å². The van der Waals surface area contributed by atoms with Crippen LogP contribution < -0.4 is 5.32 Å². The minimum atomic E-state index is -2.55. The molecule has 0 saturated heterocycles. The number of hydrogen-bond donors (Lipinski definition) is 1. The lowest BCUT2D eigenvalue weighted by atomic mass is 10.0. The van der Waals surface area contributed by atoms with Crippen molar-refractivity contribution < 1.29 is 13.2 Å². The molecule has 2 aromatic heterocycles. The minimum absolute atomic E-state index is 0.157. The van der Waals surface area contributed by atoms with E-state index >= 15 is 0 Å². The van der Waals surface area contributed by atoms with E-state index in [-0.39, 0.29) is 18.0 Å². The Morgan fingerprint density at radius 3 is 3.05 bits per heavy atom. The summed E-state index contributed by atoms with van der Waals surface area (Å²) < 4.78 is 32.7. The number of nitriles is 1. The summed E-state index contributed by atoms with van der Waals surface area (Å²) in [5.41, 5.74) is 0.252. The minimum Gasteiger partial charge on any atom is -0.467 e. The topological polar surface area (TPSA) is 66.8 Å². The molecule has 0 amide bonds. The van der Waals surface area contributed by atoms with Crippen LogP contribution in [0, 0.1) is 11.3 Å². The van der Waals surface area contributed by atoms with Crippen LogP contribution >= 0.6 is 0 Å². The highest BCUT2D eigenvalue weighted by Crippen LogP contribution is 2.39. The predicted octanol–water partition coefficient (Wildman–Crippen LogP) is 2.71. The molecule has 0 saturated carbocycles. The Bertz CT molecular complexity index is 614. The van der Waals surface area contributed by atoms with Crippen LogP contribution in [0.4, 0.5) is 14.6 Å². The van der Waals surface area contributed by atoms with Crippen LogP contribution in [0.5, 0.6) is 0 Å². The van der Waals surface area contributed by atoms with Crippen LogP contribution in [-0.4, -0.2) is 16.2 Å². The molecule has 0 aromatic carbocycles. The first-order valence-corrected chi connectivity index (χ1v) is 5.76. The number of hydrogen-bond acceptors (Lipinski definition) is 4. The van der Waals surface area contributed by atoms with Crippen molar-refractivity contribution in [1.29, 1.82) is 5.26 Å². The fraction of sp³-hybridized carbons (Fsp3) is 0.333. The van der Waals surface area contributed by atoms with E-state index in [9.17, 15) is 8.78 Å². The molecular formula is C12H10F2N4O. The first-order valence-electron chi connectivity index (χ1n) is 5.76. The molecule has 98 valence electrons. The van der Waals surface area contributed by atoms with Crippen LogP contribution in [0.1, 0.15) is 29.8 Å². The van der Waals surface area contributed by atoms with Crippen molar-refractivity contribution in [1.82, 2.24) is 9.78 Å². The zero-order valence-electron chi connectivity index (χ0n) is 9.75. The first-order chi connectivity index (χ1) is 9.20. The molecular weight excluding hydrogens is 254 g/mol. The molecule has 5 nitrogen and oxygen atoms in total. The van der Waals surface area contributed by atoms with E-state index in [0.717, 1.165) is 0 Å². The van der Waals surface area contributed by atoms with Gasteiger partial charge in [0.15, 0.2) is 0 Å². The fourth-order valence-electron chi connectivity index (χ4n) is 2.29. The SMILES string of the molecule is N#Cc1cnn2c1N[C@H](c1ccco1)C[C@H]2C(F)F. The molecule has 1 aliphatic rings. The number of nitrogens with zero attached hydrogens (tertiary/aromatic N) is 3. The number of fused-ring (bicyclic) bond motifs is 1. The van der Waals surface area contributed by atoms with Crippen LogP contribution in [0.15, 0.2) is 29.0 Å². The van der Waals surface area contributed by atoms with Crippen LogP contribution in [0.25, 0.3) is 0 Å². The molecule has 0 fully saturated rings. The van der Waals surface area contributed by atoms with Gasteiger partial charge in [0.25, 0.3) is 6.43 Å². The zero-order valence-corrected chi connectivity index (χ0v) is 9.75. The normalized spacial score (nSPS) is 21.8. The van der Waals surface area contributed by atoms with Gasteiger partial charge in [-0.05, 0) is 12.1 Å². The Hall–Kier alpha value is -2.36. The molecule has 2 atom stereocenters. The number of rotatable bonds is 2. The number of aromatic nitrogens is 2. The van der Waals surface area contributed by atoms with E-state index in [4.69, 9.17) is 9.68 Å². The Morgan fingerprint density at radius 1 is 1.58 bits per heavy atom. The van der Waals surface area contributed by atoms with Crippen LogP contribution in [0.3, 0.4) is 0 Å². The second-order valence-corrected chi connectivity index (χ2v) is 4.31. The Labute approximate surface area is 107 Å². The van der Waals surface area contributed by atoms with E-state index in [1.54, 1.807) is 12.1 Å². The molecule has 3 heterocycles. The van der Waals surface area contributed by atoms with Gasteiger partial charge < -0.3 is 9.73 Å². The molecule has 19 heavy (non-hydrogen) atoms. The summed E-state index contributed by atoms with van der Waals surface area (Å²) in [6, 6.07) is 3.91. The van der Waals surface area contributed by atoms with Crippen molar-refractivity contribution in [3.63, 3.8) is 0 Å². The van der Waals surface area contributed by atoms with Gasteiger partial charge in [-0.3, -0.25) is 0 Å². The number of nitrogens with one attached hydrogen (secondary N) is 1. The lowest BCUT2D eigenvalue weighted by Crippen LogP contribution is -2.30. The molecule has 3 rings (SSSR count). The third-order valence-electron chi connectivity index (χ3n) is 3.20. The number of anilines is 1. The highest BCUT2D eigenvalue weighted by atomic mass is 19.3. The molecule has 1 N–H and O–H groups in total. The monoisotopic (exact) mass is 264 g/mol. The van der Waals surface area contributed by atoms with Crippen molar-refractivity contribution in [3.05, 3.63) is 35.9 Å². The molecule has 7 heteroatoms. The van der Waals surface area contributed by atoms with Gasteiger partial charge in [0.1, 0.15) is 29.3 Å². The fourth-order valence-corrected chi connectivity index (χ4v) is 2.29. The third-order valence-corrected chi connectivity index (χ3v) is 3.20. The molecule has 0 unspecified atom stereocenters. The summed E-state index contributed by atoms with van der Waals surface area (Å²) in [6.45, 7) is 0. The third kappa shape index (κ3) is 1.85. The molecule has 0 bridgehead atoms. The van der Waals surface area contributed by atoms with Crippen LogP contribution in [0.2, 0.25) is 0 Å². The van der Waals surface area contributed by atoms with Crippen molar-refractivity contribution in [3.8, 4) is 6.07 Å². The van der Waals surface area contributed by atoms with Gasteiger partial charge in [-0.2, -0.15) is 10.4 Å². The molecule has 1 aliphatic heterocycles. The summed E-state index contributed by atoms with van der Waals surface area (Å²) in [4.78, 5) is 0. The van der Waals surface area contributed by atoms with Gasteiger partial charge in [0, 0.05) is 6.42 Å². The maximum absolute atomic E-state index is 13.1. The van der Waals surface area contributed by atoms with Crippen molar-refractivity contribution in [2.45, 2.75) is 24.9 Å². The van der Waals surface area contributed by atoms with Crippen molar-refractivity contribution >= 4 is 5.82 Å². The quantitative estimate of drug-likeness (QED) is 0.905. The van der Waals surface area contributed by atoms with Crippen molar-refractivity contribution in [2.24, 2.45) is 0 Å². The molecule has 0 spiro atoms. The predicted molar refractivity (Wildman–Crippen MR) is 61.7 cm³/mol. The maximum Gasteiger partial charge on any atom is 0.260 e. The van der Waals surface area contributed by atoms with Gasteiger partial charge in [0.05, 0.1) is 18.5 Å². The smallest absolute Gasteiger partial charge is 0.260 e. The summed E-state index contributed by atoms with van der Waals surface area (Å²) in [6.07, 6.45) is 0.392. The second kappa shape index (κ2) is 4.39. The van der Waals surface area contributed by atoms with Crippen LogP contribution in [-0.2, 0) is 0 Å². The number of alkyl halides is 2.